The van der Waals surface area contributed by atoms with E-state index in [2.05, 4.69) is 26.1 Å². The summed E-state index contributed by atoms with van der Waals surface area (Å²) in [6.07, 6.45) is 3.15. The number of nitrogens with one attached hydrogen (secondary N) is 1. The zero-order chi connectivity index (χ0) is 13.5. The lowest BCUT2D eigenvalue weighted by molar-refractivity contribution is 0.00562. The van der Waals surface area contributed by atoms with Crippen LogP contribution in [0.1, 0.15) is 40.0 Å². The molecule has 0 saturated heterocycles. The van der Waals surface area contributed by atoms with Crippen molar-refractivity contribution in [3.8, 4) is 0 Å². The lowest BCUT2D eigenvalue weighted by Crippen LogP contribution is -2.39. The van der Waals surface area contributed by atoms with E-state index in [4.69, 9.17) is 9.47 Å². The number of methoxy groups -OCH3 is 1. The van der Waals surface area contributed by atoms with E-state index in [0.29, 0.717) is 30.9 Å². The molecule has 106 valence electrons. The Bertz CT molecular complexity index is 255. The zero-order valence-electron chi connectivity index (χ0n) is 12.1. The molecule has 1 aliphatic carbocycles. The molecule has 1 unspecified atom stereocenters. The predicted octanol–water partition coefficient (Wildman–Crippen LogP) is 2.82. The van der Waals surface area contributed by atoms with Crippen molar-refractivity contribution in [1.29, 1.82) is 0 Å². The molecule has 18 heavy (non-hydrogen) atoms. The summed E-state index contributed by atoms with van der Waals surface area (Å²) in [4.78, 5) is 11.7. The van der Waals surface area contributed by atoms with E-state index in [9.17, 15) is 4.79 Å². The van der Waals surface area contributed by atoms with Crippen LogP contribution < -0.4 is 5.32 Å². The molecule has 0 heterocycles. The second kappa shape index (κ2) is 7.62. The Morgan fingerprint density at radius 1 is 1.39 bits per heavy atom. The first-order chi connectivity index (χ1) is 8.54. The predicted molar refractivity (Wildman–Crippen MR) is 71.5 cm³/mol. The smallest absolute Gasteiger partial charge is 0.407 e. The molecule has 1 fully saturated rings. The third-order valence-corrected chi connectivity index (χ3v) is 3.80. The maximum absolute atomic E-state index is 11.7. The summed E-state index contributed by atoms with van der Waals surface area (Å²) in [5.41, 5.74) is 0. The van der Waals surface area contributed by atoms with E-state index >= 15 is 0 Å². The topological polar surface area (TPSA) is 47.6 Å². The van der Waals surface area contributed by atoms with Crippen molar-refractivity contribution in [2.45, 2.75) is 46.1 Å². The van der Waals surface area contributed by atoms with Crippen LogP contribution in [0.15, 0.2) is 0 Å². The second-order valence-electron chi connectivity index (χ2n) is 5.69. The number of hydrogen-bond donors (Lipinski definition) is 1. The van der Waals surface area contributed by atoms with Crippen LogP contribution in [0, 0.1) is 17.8 Å². The molecular weight excluding hydrogens is 230 g/mol. The van der Waals surface area contributed by atoms with Crippen LogP contribution in [0.4, 0.5) is 4.79 Å². The molecule has 1 amide bonds. The number of rotatable bonds is 5. The van der Waals surface area contributed by atoms with Gasteiger partial charge >= 0.3 is 6.09 Å². The van der Waals surface area contributed by atoms with Crippen molar-refractivity contribution in [3.63, 3.8) is 0 Å². The third kappa shape index (κ3) is 4.84. The van der Waals surface area contributed by atoms with Gasteiger partial charge in [0.25, 0.3) is 0 Å². The normalized spacial score (nSPS) is 28.2. The second-order valence-corrected chi connectivity index (χ2v) is 5.69. The number of amides is 1. The average Bonchev–Trinajstić information content (AvgIpc) is 2.29. The summed E-state index contributed by atoms with van der Waals surface area (Å²) < 4.78 is 10.5. The van der Waals surface area contributed by atoms with Crippen molar-refractivity contribution in [2.75, 3.05) is 20.3 Å². The Hall–Kier alpha value is -0.770. The summed E-state index contributed by atoms with van der Waals surface area (Å²) in [5, 5.41) is 2.72. The number of ether oxygens (including phenoxy) is 2. The molecule has 4 heteroatoms. The van der Waals surface area contributed by atoms with Crippen LogP contribution in [0.25, 0.3) is 0 Å². The number of carbonyl (C=O) groups excluding carboxylic acids is 1. The number of alkyl carbamates (subject to hydrolysis) is 1. The van der Waals surface area contributed by atoms with Crippen LogP contribution in [0.3, 0.4) is 0 Å². The first kappa shape index (κ1) is 15.3. The Labute approximate surface area is 110 Å². The monoisotopic (exact) mass is 257 g/mol. The summed E-state index contributed by atoms with van der Waals surface area (Å²) in [5.74, 6) is 1.71. The molecule has 1 rings (SSSR count). The van der Waals surface area contributed by atoms with Crippen molar-refractivity contribution in [2.24, 2.45) is 17.8 Å². The van der Waals surface area contributed by atoms with E-state index in [0.717, 1.165) is 12.8 Å². The molecule has 0 spiro atoms. The Morgan fingerprint density at radius 3 is 2.72 bits per heavy atom. The molecule has 0 aromatic rings. The van der Waals surface area contributed by atoms with E-state index in [-0.39, 0.29) is 12.2 Å². The van der Waals surface area contributed by atoms with Gasteiger partial charge in [0.1, 0.15) is 6.10 Å². The van der Waals surface area contributed by atoms with Gasteiger partial charge in [-0.3, -0.25) is 0 Å². The molecule has 1 saturated carbocycles. The van der Waals surface area contributed by atoms with Crippen molar-refractivity contribution < 1.29 is 14.3 Å². The Morgan fingerprint density at radius 2 is 2.11 bits per heavy atom. The minimum atomic E-state index is -0.309. The van der Waals surface area contributed by atoms with Gasteiger partial charge in [0.2, 0.25) is 0 Å². The fourth-order valence-electron chi connectivity index (χ4n) is 2.68. The maximum atomic E-state index is 11.7. The van der Waals surface area contributed by atoms with Gasteiger partial charge < -0.3 is 14.8 Å². The van der Waals surface area contributed by atoms with Gasteiger partial charge in [-0.15, -0.1) is 0 Å². The highest BCUT2D eigenvalue weighted by Crippen LogP contribution is 2.35. The minimum Gasteiger partial charge on any atom is -0.446 e. The van der Waals surface area contributed by atoms with Crippen LogP contribution in [0.5, 0.6) is 0 Å². The minimum absolute atomic E-state index is 0.0660. The van der Waals surface area contributed by atoms with Crippen molar-refractivity contribution >= 4 is 6.09 Å². The molecule has 3 atom stereocenters. The molecule has 4 nitrogen and oxygen atoms in total. The van der Waals surface area contributed by atoms with Crippen LogP contribution in [-0.4, -0.2) is 32.5 Å². The quantitative estimate of drug-likeness (QED) is 0.770. The Kier molecular flexibility index (Phi) is 6.47. The molecule has 1 N–H and O–H groups in total. The van der Waals surface area contributed by atoms with Gasteiger partial charge in [-0.2, -0.15) is 0 Å². The fourth-order valence-corrected chi connectivity index (χ4v) is 2.68. The highest BCUT2D eigenvalue weighted by molar-refractivity contribution is 5.67. The molecular formula is C14H27NO3. The van der Waals surface area contributed by atoms with E-state index in [1.165, 1.54) is 6.42 Å². The average molecular weight is 257 g/mol. The maximum Gasteiger partial charge on any atom is 0.407 e. The molecule has 1 aliphatic rings. The van der Waals surface area contributed by atoms with Gasteiger partial charge in [-0.05, 0) is 30.6 Å². The highest BCUT2D eigenvalue weighted by Gasteiger charge is 2.33. The third-order valence-electron chi connectivity index (χ3n) is 3.80. The van der Waals surface area contributed by atoms with Crippen LogP contribution in [0.2, 0.25) is 0 Å². The lowest BCUT2D eigenvalue weighted by atomic mass is 9.75. The molecule has 0 bridgehead atoms. The van der Waals surface area contributed by atoms with Gasteiger partial charge in [-0.1, -0.05) is 27.2 Å². The largest absolute Gasteiger partial charge is 0.446 e. The van der Waals surface area contributed by atoms with Gasteiger partial charge in [0.05, 0.1) is 6.61 Å². The van der Waals surface area contributed by atoms with E-state index in [1.54, 1.807) is 7.11 Å². The lowest BCUT2D eigenvalue weighted by Gasteiger charge is -2.36. The zero-order valence-corrected chi connectivity index (χ0v) is 12.1. The summed E-state index contributed by atoms with van der Waals surface area (Å²) in [7, 11) is 1.62. The van der Waals surface area contributed by atoms with Crippen LogP contribution in [-0.2, 0) is 9.47 Å². The van der Waals surface area contributed by atoms with Crippen molar-refractivity contribution in [1.82, 2.24) is 5.32 Å². The fraction of sp³-hybridized carbons (Fsp3) is 0.929. The highest BCUT2D eigenvalue weighted by atomic mass is 16.6. The Balaban J connectivity index is 2.42. The van der Waals surface area contributed by atoms with E-state index in [1.807, 2.05) is 0 Å². The van der Waals surface area contributed by atoms with Gasteiger partial charge in [-0.25, -0.2) is 4.79 Å². The van der Waals surface area contributed by atoms with Gasteiger partial charge in [0.15, 0.2) is 0 Å². The summed E-state index contributed by atoms with van der Waals surface area (Å²) >= 11 is 0. The summed E-state index contributed by atoms with van der Waals surface area (Å²) in [6.45, 7) is 7.67. The molecule has 0 radical (unpaired) electrons. The van der Waals surface area contributed by atoms with Gasteiger partial charge in [0, 0.05) is 13.7 Å². The van der Waals surface area contributed by atoms with Crippen molar-refractivity contribution in [3.05, 3.63) is 0 Å². The number of hydrogen-bond acceptors (Lipinski definition) is 3. The first-order valence-corrected chi connectivity index (χ1v) is 6.98. The van der Waals surface area contributed by atoms with Crippen LogP contribution >= 0.6 is 0 Å². The number of carbonyl (C=O) groups is 1. The first-order valence-electron chi connectivity index (χ1n) is 6.98. The molecule has 0 aromatic heterocycles. The summed E-state index contributed by atoms with van der Waals surface area (Å²) in [6, 6.07) is 0. The molecule has 0 aliphatic heterocycles. The SMILES string of the molecule is COCCNC(=O)O[C@@H]1CC(C)CC[C@H]1C(C)C. The standard InChI is InChI=1S/C14H27NO3/c1-10(2)12-6-5-11(3)9-13(12)18-14(16)15-7-8-17-4/h10-13H,5-9H2,1-4H3,(H,15,16)/t11?,12-,13+/m0/s1. The molecule has 0 aromatic carbocycles. The van der Waals surface area contributed by atoms with E-state index < -0.39 is 0 Å².